The number of benzene rings is 2. The van der Waals surface area contributed by atoms with Crippen molar-refractivity contribution in [1.82, 2.24) is 10.1 Å². The summed E-state index contributed by atoms with van der Waals surface area (Å²) >= 11 is 3.42. The molecule has 0 radical (unpaired) electrons. The maximum atomic E-state index is 6.13. The molecule has 0 aliphatic carbocycles. The highest BCUT2D eigenvalue weighted by Crippen LogP contribution is 2.23. The smallest absolute Gasteiger partial charge is 0.248 e. The van der Waals surface area contributed by atoms with Crippen molar-refractivity contribution in [1.29, 1.82) is 0 Å². The highest BCUT2D eigenvalue weighted by Gasteiger charge is 2.17. The van der Waals surface area contributed by atoms with E-state index in [1.807, 2.05) is 54.6 Å². The molecule has 2 aromatic carbocycles. The van der Waals surface area contributed by atoms with Gasteiger partial charge in [-0.05, 0) is 17.7 Å². The van der Waals surface area contributed by atoms with Gasteiger partial charge in [0.2, 0.25) is 11.7 Å². The molecule has 100 valence electrons. The van der Waals surface area contributed by atoms with Crippen molar-refractivity contribution in [3.8, 4) is 11.4 Å². The van der Waals surface area contributed by atoms with E-state index in [4.69, 9.17) is 10.3 Å². The van der Waals surface area contributed by atoms with Crippen LogP contribution in [-0.2, 0) is 0 Å². The summed E-state index contributed by atoms with van der Waals surface area (Å²) in [5.41, 5.74) is 7.96. The molecule has 0 saturated carbocycles. The van der Waals surface area contributed by atoms with E-state index in [0.29, 0.717) is 11.7 Å². The zero-order chi connectivity index (χ0) is 13.9. The van der Waals surface area contributed by atoms with Gasteiger partial charge in [0, 0.05) is 10.0 Å². The molecule has 0 aliphatic rings. The lowest BCUT2D eigenvalue weighted by molar-refractivity contribution is 0.367. The van der Waals surface area contributed by atoms with E-state index in [9.17, 15) is 0 Å². The van der Waals surface area contributed by atoms with Crippen LogP contribution >= 0.6 is 15.9 Å². The fourth-order valence-corrected chi connectivity index (χ4v) is 2.31. The summed E-state index contributed by atoms with van der Waals surface area (Å²) in [5.74, 6) is 0.943. The summed E-state index contributed by atoms with van der Waals surface area (Å²) in [6, 6.07) is 17.0. The van der Waals surface area contributed by atoms with Crippen LogP contribution in [0, 0.1) is 0 Å². The van der Waals surface area contributed by atoms with E-state index in [-0.39, 0.29) is 0 Å². The minimum absolute atomic E-state index is 0.408. The van der Waals surface area contributed by atoms with Gasteiger partial charge in [0.25, 0.3) is 0 Å². The first-order valence-electron chi connectivity index (χ1n) is 6.14. The average Bonchev–Trinajstić information content (AvgIpc) is 2.97. The van der Waals surface area contributed by atoms with Gasteiger partial charge >= 0.3 is 0 Å². The summed E-state index contributed by atoms with van der Waals surface area (Å²) in [7, 11) is 0. The lowest BCUT2D eigenvalue weighted by Crippen LogP contribution is -2.11. The second-order valence-corrected chi connectivity index (χ2v) is 5.27. The van der Waals surface area contributed by atoms with Crippen LogP contribution in [0.2, 0.25) is 0 Å². The average molecular weight is 330 g/mol. The molecule has 2 N–H and O–H groups in total. The van der Waals surface area contributed by atoms with Crippen molar-refractivity contribution in [2.75, 3.05) is 0 Å². The third-order valence-electron chi connectivity index (χ3n) is 2.95. The Balaban J connectivity index is 1.91. The molecular weight excluding hydrogens is 318 g/mol. The van der Waals surface area contributed by atoms with Crippen LogP contribution in [0.3, 0.4) is 0 Å². The summed E-state index contributed by atoms with van der Waals surface area (Å²) in [5, 5.41) is 3.99. The summed E-state index contributed by atoms with van der Waals surface area (Å²) < 4.78 is 6.24. The Morgan fingerprint density at radius 2 is 1.85 bits per heavy atom. The predicted octanol–water partition coefficient (Wildman–Crippen LogP) is 3.55. The topological polar surface area (TPSA) is 64.9 Å². The molecule has 0 spiro atoms. The Kier molecular flexibility index (Phi) is 3.62. The number of hydrogen-bond donors (Lipinski definition) is 1. The Morgan fingerprint density at radius 3 is 2.60 bits per heavy atom. The van der Waals surface area contributed by atoms with Gasteiger partial charge in [0.15, 0.2) is 0 Å². The molecule has 0 aliphatic heterocycles. The highest BCUT2D eigenvalue weighted by molar-refractivity contribution is 9.10. The third-order valence-corrected chi connectivity index (χ3v) is 3.44. The molecule has 0 bridgehead atoms. The molecule has 0 saturated heterocycles. The molecule has 1 atom stereocenters. The normalized spacial score (nSPS) is 12.3. The van der Waals surface area contributed by atoms with Crippen LogP contribution < -0.4 is 5.73 Å². The standard InChI is InChI=1S/C15H12BrN3O/c16-12-8-4-7-11(9-12)14-18-15(20-19-14)13(17)10-5-2-1-3-6-10/h1-9,13H,17H2. The van der Waals surface area contributed by atoms with E-state index in [1.54, 1.807) is 0 Å². The van der Waals surface area contributed by atoms with Crippen molar-refractivity contribution in [2.24, 2.45) is 5.73 Å². The minimum atomic E-state index is -0.412. The minimum Gasteiger partial charge on any atom is -0.337 e. The van der Waals surface area contributed by atoms with Crippen molar-refractivity contribution < 1.29 is 4.52 Å². The molecule has 20 heavy (non-hydrogen) atoms. The fraction of sp³-hybridized carbons (Fsp3) is 0.0667. The van der Waals surface area contributed by atoms with Crippen LogP contribution in [0.25, 0.3) is 11.4 Å². The second-order valence-electron chi connectivity index (χ2n) is 4.35. The van der Waals surface area contributed by atoms with Crippen molar-refractivity contribution in [3.63, 3.8) is 0 Å². The molecule has 4 nitrogen and oxygen atoms in total. The third kappa shape index (κ3) is 2.64. The maximum absolute atomic E-state index is 6.13. The second kappa shape index (κ2) is 5.56. The zero-order valence-electron chi connectivity index (χ0n) is 10.5. The fourth-order valence-electron chi connectivity index (χ4n) is 1.91. The first kappa shape index (κ1) is 13.0. The van der Waals surface area contributed by atoms with Crippen LogP contribution in [0.4, 0.5) is 0 Å². The maximum Gasteiger partial charge on any atom is 0.248 e. The van der Waals surface area contributed by atoms with E-state index >= 15 is 0 Å². The Bertz CT molecular complexity index is 712. The molecule has 5 heteroatoms. The van der Waals surface area contributed by atoms with Gasteiger partial charge in [0.05, 0.1) is 0 Å². The summed E-state index contributed by atoms with van der Waals surface area (Å²) in [6.45, 7) is 0. The van der Waals surface area contributed by atoms with Crippen molar-refractivity contribution in [3.05, 3.63) is 70.5 Å². The van der Waals surface area contributed by atoms with Gasteiger partial charge in [-0.1, -0.05) is 63.6 Å². The van der Waals surface area contributed by atoms with E-state index < -0.39 is 6.04 Å². The van der Waals surface area contributed by atoms with Crippen LogP contribution in [-0.4, -0.2) is 10.1 Å². The molecule has 3 aromatic rings. The van der Waals surface area contributed by atoms with E-state index in [0.717, 1.165) is 15.6 Å². The zero-order valence-corrected chi connectivity index (χ0v) is 12.1. The lowest BCUT2D eigenvalue weighted by atomic mass is 10.1. The highest BCUT2D eigenvalue weighted by atomic mass is 79.9. The van der Waals surface area contributed by atoms with Gasteiger partial charge in [-0.2, -0.15) is 4.98 Å². The Labute approximate surface area is 124 Å². The van der Waals surface area contributed by atoms with E-state index in [2.05, 4.69) is 26.1 Å². The summed E-state index contributed by atoms with van der Waals surface area (Å²) in [4.78, 5) is 4.37. The largest absolute Gasteiger partial charge is 0.337 e. The predicted molar refractivity (Wildman–Crippen MR) is 79.9 cm³/mol. The molecule has 0 fully saturated rings. The Hall–Kier alpha value is -1.98. The first-order chi connectivity index (χ1) is 9.74. The number of rotatable bonds is 3. The molecular formula is C15H12BrN3O. The molecule has 0 amide bonds. The lowest BCUT2D eigenvalue weighted by Gasteiger charge is -2.05. The molecule has 1 aromatic heterocycles. The van der Waals surface area contributed by atoms with Crippen LogP contribution in [0.5, 0.6) is 0 Å². The van der Waals surface area contributed by atoms with Gasteiger partial charge in [-0.15, -0.1) is 0 Å². The van der Waals surface area contributed by atoms with Crippen LogP contribution in [0.15, 0.2) is 63.6 Å². The van der Waals surface area contributed by atoms with Gasteiger partial charge in [-0.3, -0.25) is 0 Å². The number of halogens is 1. The summed E-state index contributed by atoms with van der Waals surface area (Å²) in [6.07, 6.45) is 0. The quantitative estimate of drug-likeness (QED) is 0.798. The van der Waals surface area contributed by atoms with Crippen molar-refractivity contribution >= 4 is 15.9 Å². The van der Waals surface area contributed by atoms with Gasteiger partial charge in [0.1, 0.15) is 6.04 Å². The first-order valence-corrected chi connectivity index (χ1v) is 6.93. The number of hydrogen-bond acceptors (Lipinski definition) is 4. The van der Waals surface area contributed by atoms with Gasteiger partial charge < -0.3 is 10.3 Å². The monoisotopic (exact) mass is 329 g/mol. The number of nitrogens with two attached hydrogens (primary N) is 1. The number of nitrogens with zero attached hydrogens (tertiary/aromatic N) is 2. The molecule has 1 unspecified atom stereocenters. The Morgan fingerprint density at radius 1 is 1.05 bits per heavy atom. The number of aromatic nitrogens is 2. The molecule has 3 rings (SSSR count). The van der Waals surface area contributed by atoms with Crippen molar-refractivity contribution in [2.45, 2.75) is 6.04 Å². The van der Waals surface area contributed by atoms with E-state index in [1.165, 1.54) is 0 Å². The SMILES string of the molecule is NC(c1ccccc1)c1nc(-c2cccc(Br)c2)no1. The van der Waals surface area contributed by atoms with Gasteiger partial charge in [-0.25, -0.2) is 0 Å². The molecule has 1 heterocycles. The van der Waals surface area contributed by atoms with Crippen LogP contribution in [0.1, 0.15) is 17.5 Å².